The molecule has 0 amide bonds. The van der Waals surface area contributed by atoms with E-state index in [2.05, 4.69) is 424 Å². The predicted octanol–water partition coefficient (Wildman–Crippen LogP) is 29.4. The summed E-state index contributed by atoms with van der Waals surface area (Å²) in [4.78, 5) is 0. The molecule has 0 aliphatic rings. The lowest BCUT2D eigenvalue weighted by Crippen LogP contribution is -2.15. The Kier molecular flexibility index (Phi) is 33.3. The van der Waals surface area contributed by atoms with Crippen LogP contribution < -0.4 is 0 Å². The van der Waals surface area contributed by atoms with E-state index in [9.17, 15) is 0 Å². The molecule has 8 aromatic rings. The molecule has 0 aromatic heterocycles. The molecule has 0 saturated carbocycles. The zero-order valence-corrected chi connectivity index (χ0v) is 71.7. The van der Waals surface area contributed by atoms with Gasteiger partial charge in [0.2, 0.25) is 0 Å². The molecule has 0 fully saturated rings. The fraction of sp³-hybridized carbons (Fsp3) is 0.510. The lowest BCUT2D eigenvalue weighted by molar-refractivity contribution is 0.581. The Balaban J connectivity index is 0.000000560. The number of benzene rings is 8. The smallest absolute Gasteiger partial charge is 0.0127 e. The van der Waals surface area contributed by atoms with Gasteiger partial charge < -0.3 is 0 Å². The highest BCUT2D eigenvalue weighted by molar-refractivity contribution is 5.46. The summed E-state index contributed by atoms with van der Waals surface area (Å²) in [6, 6.07) is 48.5. The molecule has 0 N–H and O–H groups in total. The van der Waals surface area contributed by atoms with E-state index >= 15 is 0 Å². The van der Waals surface area contributed by atoms with Gasteiger partial charge in [-0.05, 0) is 290 Å². The first-order valence-corrected chi connectivity index (χ1v) is 36.8. The summed E-state index contributed by atoms with van der Waals surface area (Å²) in [5.74, 6) is 0. The molecule has 0 aliphatic heterocycles. The number of hydrogen-bond acceptors (Lipinski definition) is 0. The average molecular weight is 1330 g/mol. The summed E-state index contributed by atoms with van der Waals surface area (Å²) in [7, 11) is 0. The second kappa shape index (κ2) is 36.4. The van der Waals surface area contributed by atoms with E-state index in [1.165, 1.54) is 145 Å². The van der Waals surface area contributed by atoms with E-state index in [-0.39, 0.29) is 43.3 Å². The van der Waals surface area contributed by atoms with Crippen LogP contribution in [0.1, 0.15) is 311 Å². The van der Waals surface area contributed by atoms with Crippen LogP contribution in [0.25, 0.3) is 0 Å². The van der Waals surface area contributed by atoms with Crippen LogP contribution in [0.15, 0.2) is 133 Å². The molecule has 0 nitrogen and oxygen atoms in total. The molecule has 0 heterocycles. The molecule has 0 spiro atoms. The SMILES string of the molecule is Cc1ccc(C)c(C(C)(C)C)c1.Cc1ccc(C)c(C(C)(C)C)c1.Cc1ccc(C)c(C(C)(C)C)c1.Cc1ccc(C)c(C(C)(C)C)c1C.Cc1ccc(C)c(C(C)(C)C)c1C.Cc1ccc(C)c(C(C)(C)C)c1C.Cc1cccc(C(C)(C)C)c1.Cc1cccc(C(C)(C)C)c1C. The second-order valence-electron chi connectivity index (χ2n) is 37.2. The van der Waals surface area contributed by atoms with E-state index in [1.807, 2.05) is 0 Å². The Morgan fingerprint density at radius 2 is 0.388 bits per heavy atom. The summed E-state index contributed by atoms with van der Waals surface area (Å²) >= 11 is 0. The van der Waals surface area contributed by atoms with E-state index in [4.69, 9.17) is 0 Å². The Morgan fingerprint density at radius 3 is 0.582 bits per heavy atom. The molecule has 0 bridgehead atoms. The van der Waals surface area contributed by atoms with Crippen LogP contribution in [0, 0.1) is 125 Å². The van der Waals surface area contributed by atoms with Crippen molar-refractivity contribution < 1.29 is 0 Å². The van der Waals surface area contributed by atoms with Gasteiger partial charge in [0.25, 0.3) is 0 Å². The van der Waals surface area contributed by atoms with Crippen molar-refractivity contribution in [3.63, 3.8) is 0 Å². The lowest BCUT2D eigenvalue weighted by Gasteiger charge is -2.25. The second-order valence-corrected chi connectivity index (χ2v) is 37.2. The Morgan fingerprint density at radius 1 is 0.163 bits per heavy atom. The van der Waals surface area contributed by atoms with Crippen LogP contribution in [-0.4, -0.2) is 0 Å². The fourth-order valence-electron chi connectivity index (χ4n) is 13.6. The molecule has 0 atom stereocenters. The first kappa shape index (κ1) is 89.8. The highest BCUT2D eigenvalue weighted by atomic mass is 14.3. The van der Waals surface area contributed by atoms with Crippen molar-refractivity contribution >= 4 is 0 Å². The van der Waals surface area contributed by atoms with Crippen LogP contribution in [0.4, 0.5) is 0 Å². The molecule has 0 aliphatic carbocycles. The summed E-state index contributed by atoms with van der Waals surface area (Å²) in [5, 5.41) is 0. The number of rotatable bonds is 0. The Labute approximate surface area is 608 Å². The molecule has 0 unspecified atom stereocenters. The van der Waals surface area contributed by atoms with E-state index in [1.54, 1.807) is 0 Å². The van der Waals surface area contributed by atoms with Gasteiger partial charge in [0.05, 0.1) is 0 Å². The molecular weight excluding hydrogens is 1180 g/mol. The topological polar surface area (TPSA) is 0 Å². The monoisotopic (exact) mass is 1330 g/mol. The van der Waals surface area contributed by atoms with Crippen molar-refractivity contribution in [3.05, 3.63) is 278 Å². The van der Waals surface area contributed by atoms with Gasteiger partial charge in [-0.15, -0.1) is 0 Å². The van der Waals surface area contributed by atoms with Crippen molar-refractivity contribution in [2.45, 2.75) is 334 Å². The molecule has 0 saturated heterocycles. The maximum Gasteiger partial charge on any atom is -0.0127 e. The first-order chi connectivity index (χ1) is 44.2. The summed E-state index contributed by atoms with van der Waals surface area (Å²) in [6.07, 6.45) is 0. The van der Waals surface area contributed by atoms with Crippen molar-refractivity contribution in [1.82, 2.24) is 0 Å². The molecule has 0 radical (unpaired) electrons. The van der Waals surface area contributed by atoms with Crippen LogP contribution >= 0.6 is 0 Å². The van der Waals surface area contributed by atoms with E-state index in [0.717, 1.165) is 0 Å². The van der Waals surface area contributed by atoms with Crippen LogP contribution in [0.5, 0.6) is 0 Å². The van der Waals surface area contributed by atoms with Crippen molar-refractivity contribution in [1.29, 1.82) is 0 Å². The maximum atomic E-state index is 2.29. The Hall–Kier alpha value is -6.24. The first-order valence-electron chi connectivity index (χ1n) is 36.8. The highest BCUT2D eigenvalue weighted by Crippen LogP contribution is 2.35. The van der Waals surface area contributed by atoms with Gasteiger partial charge in [-0.25, -0.2) is 0 Å². The molecule has 8 aromatic carbocycles. The van der Waals surface area contributed by atoms with Gasteiger partial charge in [0.15, 0.2) is 0 Å². The summed E-state index contributed by atoms with van der Waals surface area (Å²) in [5.41, 5.74) is 39.2. The summed E-state index contributed by atoms with van der Waals surface area (Å²) in [6.45, 7) is 93.7. The number of hydrogen-bond donors (Lipinski definition) is 0. The minimum Gasteiger partial charge on any atom is -0.0617 e. The van der Waals surface area contributed by atoms with E-state index in [0.29, 0.717) is 0 Å². The van der Waals surface area contributed by atoms with Gasteiger partial charge in [0, 0.05) is 0 Å². The van der Waals surface area contributed by atoms with Gasteiger partial charge >= 0.3 is 0 Å². The molecule has 540 valence electrons. The van der Waals surface area contributed by atoms with Gasteiger partial charge in [-0.3, -0.25) is 0 Å². The van der Waals surface area contributed by atoms with E-state index < -0.39 is 0 Å². The number of aryl methyl sites for hydroxylation is 14. The normalized spacial score (nSPS) is 11.8. The maximum absolute atomic E-state index is 2.29. The molecule has 8 rings (SSSR count). The van der Waals surface area contributed by atoms with Crippen molar-refractivity contribution in [2.24, 2.45) is 0 Å². The summed E-state index contributed by atoms with van der Waals surface area (Å²) < 4.78 is 0. The lowest BCUT2D eigenvalue weighted by atomic mass is 9.80. The molecule has 98 heavy (non-hydrogen) atoms. The minimum absolute atomic E-state index is 0.264. The fourth-order valence-corrected chi connectivity index (χ4v) is 13.6. The third kappa shape index (κ3) is 29.1. The van der Waals surface area contributed by atoms with Crippen LogP contribution in [0.2, 0.25) is 0 Å². The van der Waals surface area contributed by atoms with Gasteiger partial charge in [-0.1, -0.05) is 322 Å². The third-order valence-corrected chi connectivity index (χ3v) is 19.0. The van der Waals surface area contributed by atoms with Crippen molar-refractivity contribution in [3.8, 4) is 0 Å². The zero-order chi connectivity index (χ0) is 76.6. The molecular formula is C98H148. The highest BCUT2D eigenvalue weighted by Gasteiger charge is 2.23. The zero-order valence-electron chi connectivity index (χ0n) is 71.7. The van der Waals surface area contributed by atoms with Crippen LogP contribution in [-0.2, 0) is 43.3 Å². The largest absolute Gasteiger partial charge is 0.0617 e. The molecule has 0 heteroatoms. The van der Waals surface area contributed by atoms with Crippen molar-refractivity contribution in [2.75, 3.05) is 0 Å². The van der Waals surface area contributed by atoms with Gasteiger partial charge in [-0.2, -0.15) is 0 Å². The predicted molar refractivity (Wildman–Crippen MR) is 446 cm³/mol. The minimum atomic E-state index is 0.264. The standard InChI is InChI=1S/3C13H20.4C12H18.C11H16/c3*1-9-7-8-10(2)12(11(9)3)13(4,5)6;3*1-9-6-7-10(2)11(8-9)12(3,4)5;1-9-7-6-8-11(10(9)2)12(3,4)5;1-9-6-5-7-10(8-9)11(2,3)4/h3*7-8H,1-6H3;4*6-8H,1-5H3;5-8H,1-4H3. The third-order valence-electron chi connectivity index (χ3n) is 19.0. The average Bonchev–Trinajstić information content (AvgIpc) is 0.821. The quantitative estimate of drug-likeness (QED) is 0.142. The Bertz CT molecular complexity index is 3470. The van der Waals surface area contributed by atoms with Crippen LogP contribution in [0.3, 0.4) is 0 Å². The van der Waals surface area contributed by atoms with Gasteiger partial charge in [0.1, 0.15) is 0 Å².